The standard InChI is InChI=1S/C17H25NO/c1-12-9-16(2,3)11-17(18,10-12)14-6-4-5-13-7-8-19-15(13)14/h4-6,12H,7-11,18H2,1-3H3. The van der Waals surface area contributed by atoms with Crippen LogP contribution >= 0.6 is 0 Å². The summed E-state index contributed by atoms with van der Waals surface area (Å²) in [5.41, 5.74) is 9.50. The number of benzene rings is 1. The summed E-state index contributed by atoms with van der Waals surface area (Å²) in [4.78, 5) is 0. The Hall–Kier alpha value is -1.02. The highest BCUT2D eigenvalue weighted by molar-refractivity contribution is 5.48. The molecular weight excluding hydrogens is 234 g/mol. The van der Waals surface area contributed by atoms with Gasteiger partial charge in [-0.15, -0.1) is 0 Å². The van der Waals surface area contributed by atoms with Crippen LogP contribution in [0.15, 0.2) is 18.2 Å². The maximum Gasteiger partial charge on any atom is 0.127 e. The Balaban J connectivity index is 2.03. The van der Waals surface area contributed by atoms with E-state index in [9.17, 15) is 0 Å². The average molecular weight is 259 g/mol. The summed E-state index contributed by atoms with van der Waals surface area (Å²) in [6, 6.07) is 6.49. The van der Waals surface area contributed by atoms with Crippen molar-refractivity contribution in [3.63, 3.8) is 0 Å². The molecule has 1 fully saturated rings. The zero-order valence-electron chi connectivity index (χ0n) is 12.3. The van der Waals surface area contributed by atoms with Crippen LogP contribution in [0.5, 0.6) is 5.75 Å². The Morgan fingerprint density at radius 2 is 2.05 bits per heavy atom. The molecule has 1 heterocycles. The van der Waals surface area contributed by atoms with Crippen molar-refractivity contribution in [2.45, 2.75) is 52.0 Å². The Morgan fingerprint density at radius 3 is 2.79 bits per heavy atom. The molecule has 2 heteroatoms. The number of hydrogen-bond donors (Lipinski definition) is 1. The number of hydrogen-bond acceptors (Lipinski definition) is 2. The second kappa shape index (κ2) is 4.24. The molecule has 0 radical (unpaired) electrons. The molecule has 0 aromatic heterocycles. The summed E-state index contributed by atoms with van der Waals surface area (Å²) >= 11 is 0. The summed E-state index contributed by atoms with van der Waals surface area (Å²) in [7, 11) is 0. The molecule has 0 spiro atoms. The minimum absolute atomic E-state index is 0.225. The van der Waals surface area contributed by atoms with Gasteiger partial charge in [0, 0.05) is 17.5 Å². The SMILES string of the molecule is CC1CC(C)(C)CC(N)(c2cccc3c2OCC3)C1. The molecule has 1 aromatic carbocycles. The first kappa shape index (κ1) is 13.0. The highest BCUT2D eigenvalue weighted by atomic mass is 16.5. The second-order valence-corrected chi connectivity index (χ2v) is 7.40. The zero-order valence-corrected chi connectivity index (χ0v) is 12.3. The Morgan fingerprint density at radius 1 is 1.26 bits per heavy atom. The lowest BCUT2D eigenvalue weighted by molar-refractivity contribution is 0.105. The van der Waals surface area contributed by atoms with E-state index in [1.54, 1.807) is 0 Å². The maximum atomic E-state index is 6.84. The normalized spacial score (nSPS) is 32.7. The third kappa shape index (κ3) is 2.27. The van der Waals surface area contributed by atoms with E-state index < -0.39 is 0 Å². The van der Waals surface area contributed by atoms with E-state index in [-0.39, 0.29) is 5.54 Å². The fraction of sp³-hybridized carbons (Fsp3) is 0.647. The molecule has 19 heavy (non-hydrogen) atoms. The van der Waals surface area contributed by atoms with Gasteiger partial charge in [0.15, 0.2) is 0 Å². The van der Waals surface area contributed by atoms with Crippen molar-refractivity contribution < 1.29 is 4.74 Å². The minimum atomic E-state index is -0.225. The van der Waals surface area contributed by atoms with Crippen LogP contribution in [0.2, 0.25) is 0 Å². The summed E-state index contributed by atoms with van der Waals surface area (Å²) in [5, 5.41) is 0. The van der Waals surface area contributed by atoms with Gasteiger partial charge in [0.1, 0.15) is 5.75 Å². The monoisotopic (exact) mass is 259 g/mol. The summed E-state index contributed by atoms with van der Waals surface area (Å²) < 4.78 is 5.87. The predicted octanol–water partition coefficient (Wildman–Crippen LogP) is 3.62. The van der Waals surface area contributed by atoms with Gasteiger partial charge in [-0.05, 0) is 36.2 Å². The molecule has 0 amide bonds. The first-order valence-electron chi connectivity index (χ1n) is 7.44. The molecule has 2 unspecified atom stereocenters. The van der Waals surface area contributed by atoms with E-state index in [1.807, 2.05) is 0 Å². The fourth-order valence-electron chi connectivity index (χ4n) is 4.45. The number of rotatable bonds is 1. The van der Waals surface area contributed by atoms with E-state index in [0.29, 0.717) is 11.3 Å². The molecule has 0 saturated heterocycles. The quantitative estimate of drug-likeness (QED) is 0.836. The molecule has 3 rings (SSSR count). The van der Waals surface area contributed by atoms with Crippen molar-refractivity contribution >= 4 is 0 Å². The van der Waals surface area contributed by atoms with E-state index in [1.165, 1.54) is 17.5 Å². The highest BCUT2D eigenvalue weighted by Gasteiger charge is 2.43. The molecule has 1 aromatic rings. The van der Waals surface area contributed by atoms with Crippen LogP contribution in [0.4, 0.5) is 0 Å². The molecular formula is C17H25NO. The van der Waals surface area contributed by atoms with Gasteiger partial charge in [-0.3, -0.25) is 0 Å². The van der Waals surface area contributed by atoms with Crippen molar-refractivity contribution in [1.29, 1.82) is 0 Å². The van der Waals surface area contributed by atoms with Gasteiger partial charge < -0.3 is 10.5 Å². The zero-order chi connectivity index (χ0) is 13.7. The van der Waals surface area contributed by atoms with Gasteiger partial charge in [0.25, 0.3) is 0 Å². The third-order valence-electron chi connectivity index (χ3n) is 4.66. The summed E-state index contributed by atoms with van der Waals surface area (Å²) in [6.07, 6.45) is 4.40. The Labute approximate surface area is 116 Å². The molecule has 0 bridgehead atoms. The molecule has 1 saturated carbocycles. The number of para-hydroxylation sites is 1. The largest absolute Gasteiger partial charge is 0.493 e. The Bertz CT molecular complexity index is 494. The molecule has 2 atom stereocenters. The maximum absolute atomic E-state index is 6.84. The first-order chi connectivity index (χ1) is 8.90. The number of ether oxygens (including phenoxy) is 1. The lowest BCUT2D eigenvalue weighted by atomic mass is 9.62. The highest BCUT2D eigenvalue weighted by Crippen LogP contribution is 2.50. The van der Waals surface area contributed by atoms with Crippen LogP contribution in [-0.2, 0) is 12.0 Å². The molecule has 2 aliphatic rings. The topological polar surface area (TPSA) is 35.2 Å². The van der Waals surface area contributed by atoms with Crippen molar-refractivity contribution in [2.75, 3.05) is 6.61 Å². The Kier molecular flexibility index (Phi) is 2.90. The predicted molar refractivity (Wildman–Crippen MR) is 78.3 cm³/mol. The van der Waals surface area contributed by atoms with Crippen LogP contribution in [0.3, 0.4) is 0 Å². The van der Waals surface area contributed by atoms with Gasteiger partial charge in [0.2, 0.25) is 0 Å². The molecule has 1 aliphatic carbocycles. The van der Waals surface area contributed by atoms with E-state index in [0.717, 1.165) is 31.6 Å². The second-order valence-electron chi connectivity index (χ2n) is 7.40. The van der Waals surface area contributed by atoms with Crippen LogP contribution in [-0.4, -0.2) is 6.61 Å². The van der Waals surface area contributed by atoms with E-state index in [4.69, 9.17) is 10.5 Å². The third-order valence-corrected chi connectivity index (χ3v) is 4.66. The van der Waals surface area contributed by atoms with Gasteiger partial charge >= 0.3 is 0 Å². The smallest absolute Gasteiger partial charge is 0.127 e. The fourth-order valence-corrected chi connectivity index (χ4v) is 4.45. The lowest BCUT2D eigenvalue weighted by Crippen LogP contribution is -2.46. The molecule has 104 valence electrons. The first-order valence-corrected chi connectivity index (χ1v) is 7.44. The minimum Gasteiger partial charge on any atom is -0.493 e. The van der Waals surface area contributed by atoms with Gasteiger partial charge in [-0.25, -0.2) is 0 Å². The van der Waals surface area contributed by atoms with Crippen molar-refractivity contribution in [3.8, 4) is 5.75 Å². The van der Waals surface area contributed by atoms with Crippen molar-refractivity contribution in [3.05, 3.63) is 29.3 Å². The van der Waals surface area contributed by atoms with Crippen LogP contribution < -0.4 is 10.5 Å². The van der Waals surface area contributed by atoms with E-state index in [2.05, 4.69) is 39.0 Å². The van der Waals surface area contributed by atoms with Gasteiger partial charge in [-0.1, -0.05) is 39.0 Å². The molecule has 2 nitrogen and oxygen atoms in total. The number of nitrogens with two attached hydrogens (primary N) is 1. The van der Waals surface area contributed by atoms with E-state index >= 15 is 0 Å². The van der Waals surface area contributed by atoms with Crippen molar-refractivity contribution in [2.24, 2.45) is 17.1 Å². The van der Waals surface area contributed by atoms with Gasteiger partial charge in [-0.2, -0.15) is 0 Å². The summed E-state index contributed by atoms with van der Waals surface area (Å²) in [5.74, 6) is 1.75. The van der Waals surface area contributed by atoms with Crippen LogP contribution in [0, 0.1) is 11.3 Å². The average Bonchev–Trinajstić information content (AvgIpc) is 2.72. The summed E-state index contributed by atoms with van der Waals surface area (Å²) in [6.45, 7) is 7.82. The van der Waals surface area contributed by atoms with Gasteiger partial charge in [0.05, 0.1) is 6.61 Å². The lowest BCUT2D eigenvalue weighted by Gasteiger charge is -2.46. The van der Waals surface area contributed by atoms with Crippen molar-refractivity contribution in [1.82, 2.24) is 0 Å². The molecule has 2 N–H and O–H groups in total. The van der Waals surface area contributed by atoms with Crippen LogP contribution in [0.1, 0.15) is 51.2 Å². The number of fused-ring (bicyclic) bond motifs is 1. The van der Waals surface area contributed by atoms with Crippen LogP contribution in [0.25, 0.3) is 0 Å². The molecule has 1 aliphatic heterocycles.